The zero-order valence-electron chi connectivity index (χ0n) is 13.2. The second-order valence-corrected chi connectivity index (χ2v) is 7.47. The molecule has 0 unspecified atom stereocenters. The van der Waals surface area contributed by atoms with Crippen molar-refractivity contribution in [3.05, 3.63) is 28.2 Å². The molecule has 0 fully saturated rings. The van der Waals surface area contributed by atoms with Crippen molar-refractivity contribution in [1.29, 1.82) is 0 Å². The van der Waals surface area contributed by atoms with Crippen molar-refractivity contribution in [2.24, 2.45) is 11.8 Å². The molecule has 0 aliphatic rings. The molecule has 1 rings (SSSR count). The molecular weight excluding hydrogens is 316 g/mol. The molecule has 114 valence electrons. The first-order valence-electron chi connectivity index (χ1n) is 7.30. The Morgan fingerprint density at radius 1 is 1.15 bits per heavy atom. The molecule has 0 radical (unpaired) electrons. The van der Waals surface area contributed by atoms with Crippen molar-refractivity contribution < 1.29 is 9.84 Å². The van der Waals surface area contributed by atoms with Crippen molar-refractivity contribution in [3.63, 3.8) is 0 Å². The minimum Gasteiger partial charge on any atom is -0.496 e. The lowest BCUT2D eigenvalue weighted by Gasteiger charge is -2.32. The number of rotatable bonds is 7. The van der Waals surface area contributed by atoms with E-state index in [4.69, 9.17) is 4.74 Å². The van der Waals surface area contributed by atoms with Crippen LogP contribution in [0, 0.1) is 11.8 Å². The molecule has 0 spiro atoms. The SMILES string of the molecule is COc1ccc(Br)cc1CC(O)(CC(C)C)CC(C)C. The third-order valence-corrected chi connectivity index (χ3v) is 3.83. The molecule has 0 aromatic heterocycles. The maximum Gasteiger partial charge on any atom is 0.122 e. The smallest absolute Gasteiger partial charge is 0.122 e. The van der Waals surface area contributed by atoms with E-state index in [9.17, 15) is 5.11 Å². The lowest BCUT2D eigenvalue weighted by Crippen LogP contribution is -2.35. The Bertz CT molecular complexity index is 417. The summed E-state index contributed by atoms with van der Waals surface area (Å²) in [6.07, 6.45) is 2.24. The van der Waals surface area contributed by atoms with Gasteiger partial charge in [0.05, 0.1) is 12.7 Å². The second-order valence-electron chi connectivity index (χ2n) is 6.55. The van der Waals surface area contributed by atoms with Gasteiger partial charge >= 0.3 is 0 Å². The highest BCUT2D eigenvalue weighted by molar-refractivity contribution is 9.10. The predicted molar refractivity (Wildman–Crippen MR) is 88.3 cm³/mol. The molecule has 0 heterocycles. The summed E-state index contributed by atoms with van der Waals surface area (Å²) in [6, 6.07) is 5.96. The summed E-state index contributed by atoms with van der Waals surface area (Å²) in [5.74, 6) is 1.79. The fourth-order valence-electron chi connectivity index (χ4n) is 2.99. The van der Waals surface area contributed by atoms with Crippen LogP contribution in [0.2, 0.25) is 0 Å². The van der Waals surface area contributed by atoms with Gasteiger partial charge in [-0.3, -0.25) is 0 Å². The van der Waals surface area contributed by atoms with Gasteiger partial charge in [0.15, 0.2) is 0 Å². The van der Waals surface area contributed by atoms with E-state index in [0.717, 1.165) is 28.6 Å². The van der Waals surface area contributed by atoms with E-state index >= 15 is 0 Å². The van der Waals surface area contributed by atoms with E-state index in [-0.39, 0.29) is 0 Å². The summed E-state index contributed by atoms with van der Waals surface area (Å²) in [4.78, 5) is 0. The van der Waals surface area contributed by atoms with Crippen molar-refractivity contribution in [1.82, 2.24) is 0 Å². The van der Waals surface area contributed by atoms with Crippen LogP contribution >= 0.6 is 15.9 Å². The number of hydrogen-bond donors (Lipinski definition) is 1. The van der Waals surface area contributed by atoms with Gasteiger partial charge < -0.3 is 9.84 Å². The van der Waals surface area contributed by atoms with E-state index in [2.05, 4.69) is 43.6 Å². The van der Waals surface area contributed by atoms with Crippen LogP contribution in [-0.2, 0) is 6.42 Å². The standard InChI is InChI=1S/C17H27BrO2/c1-12(2)9-17(19,10-13(3)4)11-14-8-15(18)6-7-16(14)20-5/h6-8,12-13,19H,9-11H2,1-5H3. The minimum atomic E-state index is -0.670. The van der Waals surface area contributed by atoms with Crippen molar-refractivity contribution >= 4 is 15.9 Å². The van der Waals surface area contributed by atoms with Crippen LogP contribution in [0.3, 0.4) is 0 Å². The molecule has 0 bridgehead atoms. The molecule has 1 aromatic rings. The summed E-state index contributed by atoms with van der Waals surface area (Å²) in [5, 5.41) is 11.0. The van der Waals surface area contributed by atoms with Gasteiger partial charge in [-0.05, 0) is 48.4 Å². The number of hydrogen-bond acceptors (Lipinski definition) is 2. The van der Waals surface area contributed by atoms with E-state index in [1.54, 1.807) is 7.11 Å². The number of benzene rings is 1. The molecule has 0 aliphatic heterocycles. The Morgan fingerprint density at radius 3 is 2.15 bits per heavy atom. The summed E-state index contributed by atoms with van der Waals surface area (Å²) < 4.78 is 6.44. The van der Waals surface area contributed by atoms with Crippen LogP contribution in [0.4, 0.5) is 0 Å². The maximum absolute atomic E-state index is 11.0. The highest BCUT2D eigenvalue weighted by Crippen LogP contribution is 2.33. The van der Waals surface area contributed by atoms with E-state index in [1.807, 2.05) is 18.2 Å². The van der Waals surface area contributed by atoms with Crippen molar-refractivity contribution in [3.8, 4) is 5.75 Å². The Labute approximate surface area is 131 Å². The van der Waals surface area contributed by atoms with E-state index < -0.39 is 5.60 Å². The van der Waals surface area contributed by atoms with Crippen LogP contribution in [0.5, 0.6) is 5.75 Å². The minimum absolute atomic E-state index is 0.469. The zero-order valence-corrected chi connectivity index (χ0v) is 14.8. The van der Waals surface area contributed by atoms with Gasteiger partial charge in [0.25, 0.3) is 0 Å². The summed E-state index contributed by atoms with van der Waals surface area (Å²) in [5.41, 5.74) is 0.391. The van der Waals surface area contributed by atoms with Crippen LogP contribution in [-0.4, -0.2) is 17.8 Å². The average Bonchev–Trinajstić information content (AvgIpc) is 2.26. The monoisotopic (exact) mass is 342 g/mol. The normalized spacial score (nSPS) is 12.2. The van der Waals surface area contributed by atoms with E-state index in [1.165, 1.54) is 0 Å². The number of methoxy groups -OCH3 is 1. The third kappa shape index (κ3) is 5.45. The van der Waals surface area contributed by atoms with Crippen molar-refractivity contribution in [2.75, 3.05) is 7.11 Å². The van der Waals surface area contributed by atoms with Crippen LogP contribution in [0.15, 0.2) is 22.7 Å². The first-order chi connectivity index (χ1) is 9.25. The topological polar surface area (TPSA) is 29.5 Å². The van der Waals surface area contributed by atoms with Crippen LogP contribution in [0.1, 0.15) is 46.1 Å². The van der Waals surface area contributed by atoms with Crippen LogP contribution < -0.4 is 4.74 Å². The molecule has 1 N–H and O–H groups in total. The average molecular weight is 343 g/mol. The Morgan fingerprint density at radius 2 is 1.70 bits per heavy atom. The zero-order chi connectivity index (χ0) is 15.3. The molecule has 2 nitrogen and oxygen atoms in total. The Hall–Kier alpha value is -0.540. The maximum atomic E-state index is 11.0. The summed E-state index contributed by atoms with van der Waals surface area (Å²) in [7, 11) is 1.68. The number of halogens is 1. The highest BCUT2D eigenvalue weighted by atomic mass is 79.9. The predicted octanol–water partition coefficient (Wildman–Crippen LogP) is 4.82. The fraction of sp³-hybridized carbons (Fsp3) is 0.647. The third-order valence-electron chi connectivity index (χ3n) is 3.34. The Balaban J connectivity index is 3.02. The summed E-state index contributed by atoms with van der Waals surface area (Å²) >= 11 is 3.50. The fourth-order valence-corrected chi connectivity index (χ4v) is 3.40. The molecule has 20 heavy (non-hydrogen) atoms. The highest BCUT2D eigenvalue weighted by Gasteiger charge is 2.30. The molecule has 0 saturated carbocycles. The quantitative estimate of drug-likeness (QED) is 0.769. The Kier molecular flexibility index (Phi) is 6.53. The molecule has 0 atom stereocenters. The van der Waals surface area contributed by atoms with Crippen LogP contribution in [0.25, 0.3) is 0 Å². The first kappa shape index (κ1) is 17.5. The molecule has 0 aliphatic carbocycles. The molecule has 1 aromatic carbocycles. The van der Waals surface area contributed by atoms with Gasteiger partial charge in [-0.1, -0.05) is 43.6 Å². The van der Waals surface area contributed by atoms with Gasteiger partial charge in [-0.25, -0.2) is 0 Å². The molecule has 3 heteroatoms. The second kappa shape index (κ2) is 7.46. The largest absolute Gasteiger partial charge is 0.496 e. The van der Waals surface area contributed by atoms with Crippen molar-refractivity contribution in [2.45, 2.75) is 52.6 Å². The van der Waals surface area contributed by atoms with Gasteiger partial charge in [-0.15, -0.1) is 0 Å². The number of ether oxygens (including phenoxy) is 1. The lowest BCUT2D eigenvalue weighted by molar-refractivity contribution is 0.000299. The van der Waals surface area contributed by atoms with Gasteiger partial charge in [0, 0.05) is 10.9 Å². The van der Waals surface area contributed by atoms with Gasteiger partial charge in [-0.2, -0.15) is 0 Å². The number of aliphatic hydroxyl groups is 1. The van der Waals surface area contributed by atoms with E-state index in [0.29, 0.717) is 18.3 Å². The first-order valence-corrected chi connectivity index (χ1v) is 8.10. The summed E-state index contributed by atoms with van der Waals surface area (Å²) in [6.45, 7) is 8.62. The van der Waals surface area contributed by atoms with Gasteiger partial charge in [0.1, 0.15) is 5.75 Å². The molecular formula is C17H27BrO2. The molecule has 0 amide bonds. The lowest BCUT2D eigenvalue weighted by atomic mass is 9.80. The van der Waals surface area contributed by atoms with Gasteiger partial charge in [0.2, 0.25) is 0 Å². The molecule has 0 saturated heterocycles.